The SMILES string of the molecule is O=C1/C(=C/c2cccc(-c3cccc(F)c3)c2)NC(=S)N1C1CCCCCCC1. The van der Waals surface area contributed by atoms with Crippen LogP contribution in [0.5, 0.6) is 0 Å². The second-order valence-corrected chi connectivity index (χ2v) is 8.18. The molecule has 0 spiro atoms. The number of hydrogen-bond donors (Lipinski definition) is 1. The smallest absolute Gasteiger partial charge is 0.276 e. The molecule has 1 N–H and O–H groups in total. The standard InChI is InChI=1S/C24H25FN2OS/c25-20-11-7-10-19(16-20)18-9-6-8-17(14-18)15-22-23(28)27(24(29)26-22)21-12-4-2-1-3-5-13-21/h6-11,14-16,21H,1-5,12-13H2,(H,26,29)/b22-15-. The number of rotatable bonds is 3. The Morgan fingerprint density at radius 1 is 0.966 bits per heavy atom. The Hall–Kier alpha value is -2.53. The lowest BCUT2D eigenvalue weighted by Gasteiger charge is -2.28. The maximum Gasteiger partial charge on any atom is 0.276 e. The van der Waals surface area contributed by atoms with Crippen LogP contribution in [0.25, 0.3) is 17.2 Å². The van der Waals surface area contributed by atoms with Gasteiger partial charge >= 0.3 is 0 Å². The number of halogens is 1. The summed E-state index contributed by atoms with van der Waals surface area (Å²) in [7, 11) is 0. The molecule has 2 aromatic rings. The van der Waals surface area contributed by atoms with E-state index in [1.807, 2.05) is 36.4 Å². The van der Waals surface area contributed by atoms with Crippen molar-refractivity contribution in [3.63, 3.8) is 0 Å². The van der Waals surface area contributed by atoms with Crippen molar-refractivity contribution >= 4 is 29.3 Å². The van der Waals surface area contributed by atoms with E-state index in [-0.39, 0.29) is 17.8 Å². The van der Waals surface area contributed by atoms with Gasteiger partial charge in [0, 0.05) is 6.04 Å². The molecule has 1 amide bonds. The molecule has 1 saturated carbocycles. The zero-order valence-electron chi connectivity index (χ0n) is 16.4. The monoisotopic (exact) mass is 408 g/mol. The minimum absolute atomic E-state index is 0.0447. The predicted molar refractivity (Wildman–Crippen MR) is 118 cm³/mol. The number of hydrogen-bond acceptors (Lipinski definition) is 2. The van der Waals surface area contributed by atoms with E-state index in [1.54, 1.807) is 11.0 Å². The Bertz CT molecular complexity index is 947. The highest BCUT2D eigenvalue weighted by Crippen LogP contribution is 2.27. The molecule has 2 aromatic carbocycles. The van der Waals surface area contributed by atoms with Crippen LogP contribution in [0.4, 0.5) is 4.39 Å². The Morgan fingerprint density at radius 3 is 2.34 bits per heavy atom. The largest absolute Gasteiger partial charge is 0.328 e. The first-order chi connectivity index (χ1) is 14.1. The van der Waals surface area contributed by atoms with Crippen molar-refractivity contribution in [2.24, 2.45) is 0 Å². The third-order valence-corrected chi connectivity index (χ3v) is 6.00. The quantitative estimate of drug-likeness (QED) is 0.525. The Kier molecular flexibility index (Phi) is 6.05. The van der Waals surface area contributed by atoms with Gasteiger partial charge in [0.15, 0.2) is 5.11 Å². The highest BCUT2D eigenvalue weighted by molar-refractivity contribution is 7.80. The summed E-state index contributed by atoms with van der Waals surface area (Å²) in [5, 5.41) is 3.62. The molecule has 1 aliphatic heterocycles. The van der Waals surface area contributed by atoms with E-state index >= 15 is 0 Å². The molecule has 0 atom stereocenters. The number of nitrogens with zero attached hydrogens (tertiary/aromatic N) is 1. The van der Waals surface area contributed by atoms with E-state index in [0.29, 0.717) is 10.8 Å². The molecule has 3 nitrogen and oxygen atoms in total. The van der Waals surface area contributed by atoms with Crippen molar-refractivity contribution in [1.82, 2.24) is 10.2 Å². The first kappa shape index (κ1) is 19.8. The van der Waals surface area contributed by atoms with Gasteiger partial charge in [-0.2, -0.15) is 0 Å². The van der Waals surface area contributed by atoms with E-state index in [2.05, 4.69) is 5.32 Å². The van der Waals surface area contributed by atoms with Crippen molar-refractivity contribution in [1.29, 1.82) is 0 Å². The van der Waals surface area contributed by atoms with Crippen molar-refractivity contribution in [2.75, 3.05) is 0 Å². The van der Waals surface area contributed by atoms with Crippen LogP contribution in [0, 0.1) is 5.82 Å². The van der Waals surface area contributed by atoms with Gasteiger partial charge in [0.05, 0.1) is 0 Å². The fourth-order valence-corrected chi connectivity index (χ4v) is 4.56. The molecule has 1 heterocycles. The van der Waals surface area contributed by atoms with Crippen molar-refractivity contribution in [2.45, 2.75) is 51.0 Å². The molecule has 1 saturated heterocycles. The summed E-state index contributed by atoms with van der Waals surface area (Å²) in [5.41, 5.74) is 3.10. The summed E-state index contributed by atoms with van der Waals surface area (Å²) in [5.74, 6) is -0.309. The number of nitrogens with one attached hydrogen (secondary N) is 1. The van der Waals surface area contributed by atoms with Crippen LogP contribution in [0.2, 0.25) is 0 Å². The van der Waals surface area contributed by atoms with Crippen LogP contribution in [0.15, 0.2) is 54.2 Å². The normalized spacial score (nSPS) is 19.9. The van der Waals surface area contributed by atoms with Crippen LogP contribution in [0.1, 0.15) is 50.5 Å². The molecule has 4 rings (SSSR count). The third kappa shape index (κ3) is 4.56. The molecule has 0 aromatic heterocycles. The fraction of sp³-hybridized carbons (Fsp3) is 0.333. The average molecular weight is 409 g/mol. The van der Waals surface area contributed by atoms with E-state index < -0.39 is 0 Å². The molecule has 5 heteroatoms. The number of thiocarbonyl (C=S) groups is 1. The lowest BCUT2D eigenvalue weighted by atomic mass is 9.96. The topological polar surface area (TPSA) is 32.3 Å². The zero-order valence-corrected chi connectivity index (χ0v) is 17.2. The first-order valence-corrected chi connectivity index (χ1v) is 10.7. The molecule has 2 fully saturated rings. The minimum Gasteiger partial charge on any atom is -0.328 e. The Morgan fingerprint density at radius 2 is 1.62 bits per heavy atom. The zero-order chi connectivity index (χ0) is 20.2. The highest BCUT2D eigenvalue weighted by Gasteiger charge is 2.35. The predicted octanol–water partition coefficient (Wildman–Crippen LogP) is 5.66. The van der Waals surface area contributed by atoms with E-state index in [1.165, 1.54) is 31.4 Å². The molecule has 2 aliphatic rings. The number of benzene rings is 2. The molecular weight excluding hydrogens is 383 g/mol. The average Bonchev–Trinajstić information content (AvgIpc) is 2.96. The van der Waals surface area contributed by atoms with Gasteiger partial charge in [0.2, 0.25) is 0 Å². The van der Waals surface area contributed by atoms with Gasteiger partial charge in [-0.05, 0) is 66.0 Å². The third-order valence-electron chi connectivity index (χ3n) is 5.71. The minimum atomic E-state index is -0.265. The van der Waals surface area contributed by atoms with E-state index in [4.69, 9.17) is 12.2 Å². The molecule has 1 aliphatic carbocycles. The first-order valence-electron chi connectivity index (χ1n) is 10.3. The van der Waals surface area contributed by atoms with Crippen LogP contribution in [-0.2, 0) is 4.79 Å². The van der Waals surface area contributed by atoms with E-state index in [9.17, 15) is 9.18 Å². The van der Waals surface area contributed by atoms with Gasteiger partial charge in [0.1, 0.15) is 11.5 Å². The van der Waals surface area contributed by atoms with Crippen molar-refractivity contribution < 1.29 is 9.18 Å². The highest BCUT2D eigenvalue weighted by atomic mass is 32.1. The summed E-state index contributed by atoms with van der Waals surface area (Å²) in [4.78, 5) is 14.9. The van der Waals surface area contributed by atoms with Crippen LogP contribution in [0.3, 0.4) is 0 Å². The van der Waals surface area contributed by atoms with Crippen LogP contribution in [-0.4, -0.2) is 22.0 Å². The summed E-state index contributed by atoms with van der Waals surface area (Å²) >= 11 is 5.50. The van der Waals surface area contributed by atoms with E-state index in [0.717, 1.165) is 42.4 Å². The molecule has 0 unspecified atom stereocenters. The Balaban J connectivity index is 1.56. The fourth-order valence-electron chi connectivity index (χ4n) is 4.22. The number of carbonyl (C=O) groups is 1. The van der Waals surface area contributed by atoms with Gasteiger partial charge in [-0.1, -0.05) is 62.4 Å². The van der Waals surface area contributed by atoms with Gasteiger partial charge in [-0.15, -0.1) is 0 Å². The van der Waals surface area contributed by atoms with Gasteiger partial charge in [0.25, 0.3) is 5.91 Å². The molecular formula is C24H25FN2OS. The molecule has 29 heavy (non-hydrogen) atoms. The number of carbonyl (C=O) groups excluding carboxylic acids is 1. The lowest BCUT2D eigenvalue weighted by Crippen LogP contribution is -2.40. The molecule has 0 bridgehead atoms. The molecule has 150 valence electrons. The summed E-state index contributed by atoms with van der Waals surface area (Å²) in [6.45, 7) is 0. The summed E-state index contributed by atoms with van der Waals surface area (Å²) in [6, 6.07) is 14.4. The molecule has 0 radical (unpaired) electrons. The van der Waals surface area contributed by atoms with Crippen molar-refractivity contribution in [3.8, 4) is 11.1 Å². The lowest BCUT2D eigenvalue weighted by molar-refractivity contribution is -0.124. The maximum absolute atomic E-state index is 13.6. The van der Waals surface area contributed by atoms with Gasteiger partial charge < -0.3 is 5.32 Å². The van der Waals surface area contributed by atoms with Crippen molar-refractivity contribution in [3.05, 3.63) is 65.6 Å². The van der Waals surface area contributed by atoms with Crippen LogP contribution < -0.4 is 5.32 Å². The second-order valence-electron chi connectivity index (χ2n) is 7.80. The second kappa shape index (κ2) is 8.87. The Labute approximate surface area is 176 Å². The summed E-state index contributed by atoms with van der Waals surface area (Å²) in [6.07, 6.45) is 9.89. The summed E-state index contributed by atoms with van der Waals surface area (Å²) < 4.78 is 13.6. The van der Waals surface area contributed by atoms with Gasteiger partial charge in [-0.3, -0.25) is 9.69 Å². The number of amides is 1. The maximum atomic E-state index is 13.6. The van der Waals surface area contributed by atoms with Gasteiger partial charge in [-0.25, -0.2) is 4.39 Å². The van der Waals surface area contributed by atoms with Crippen LogP contribution >= 0.6 is 12.2 Å².